The summed E-state index contributed by atoms with van der Waals surface area (Å²) in [5.74, 6) is 0. The average Bonchev–Trinajstić information content (AvgIpc) is 2.52. The highest BCUT2D eigenvalue weighted by atomic mass is 31.2. The monoisotopic (exact) mass is 404 g/mol. The second-order valence-corrected chi connectivity index (χ2v) is 10.6. The van der Waals surface area contributed by atoms with Gasteiger partial charge in [0.25, 0.3) is 0 Å². The van der Waals surface area contributed by atoms with Crippen molar-refractivity contribution in [3.63, 3.8) is 0 Å². The molecule has 0 aromatic rings. The predicted octanol–water partition coefficient (Wildman–Crippen LogP) is 4.98. The van der Waals surface area contributed by atoms with Crippen LogP contribution in [0.3, 0.4) is 0 Å². The third-order valence-corrected chi connectivity index (χ3v) is 6.12. The van der Waals surface area contributed by atoms with Crippen LogP contribution in [0.2, 0.25) is 0 Å². The van der Waals surface area contributed by atoms with E-state index in [1.54, 1.807) is 0 Å². The van der Waals surface area contributed by atoms with Gasteiger partial charge in [-0.3, -0.25) is 4.57 Å². The molecular formula is C21H43NO4P+. The zero-order chi connectivity index (χ0) is 20.8. The molecule has 160 valence electrons. The number of aliphatic hydroxyl groups is 1. The lowest BCUT2D eigenvalue weighted by molar-refractivity contribution is -0.875. The lowest BCUT2D eigenvalue weighted by Gasteiger charge is -2.35. The molecule has 0 aromatic carbocycles. The van der Waals surface area contributed by atoms with Gasteiger partial charge in [0, 0.05) is 0 Å². The van der Waals surface area contributed by atoms with Crippen molar-refractivity contribution >= 4 is 7.60 Å². The molecule has 0 aromatic heterocycles. The maximum atomic E-state index is 11.7. The summed E-state index contributed by atoms with van der Waals surface area (Å²) in [5, 5.41) is 8.57. The average molecular weight is 405 g/mol. The van der Waals surface area contributed by atoms with Crippen molar-refractivity contribution in [3.05, 3.63) is 24.8 Å². The summed E-state index contributed by atoms with van der Waals surface area (Å²) in [6.45, 7) is 3.76. The number of hydrogen-bond donors (Lipinski definition) is 3. The van der Waals surface area contributed by atoms with E-state index in [0.29, 0.717) is 10.9 Å². The number of likely N-dealkylation sites (N-methyl/N-ethyl adjacent to an activating group) is 1. The molecule has 6 heteroatoms. The van der Waals surface area contributed by atoms with Gasteiger partial charge >= 0.3 is 7.60 Å². The highest BCUT2D eigenvalue weighted by Crippen LogP contribution is 2.52. The normalized spacial score (nSPS) is 15.2. The van der Waals surface area contributed by atoms with Gasteiger partial charge in [-0.25, -0.2) is 0 Å². The van der Waals surface area contributed by atoms with E-state index in [4.69, 9.17) is 0 Å². The smallest absolute Gasteiger partial charge is 0.362 e. The van der Waals surface area contributed by atoms with Crippen molar-refractivity contribution in [1.82, 2.24) is 0 Å². The Morgan fingerprint density at radius 1 is 0.852 bits per heavy atom. The van der Waals surface area contributed by atoms with Crippen LogP contribution < -0.4 is 0 Å². The molecule has 0 rings (SSSR count). The van der Waals surface area contributed by atoms with Crippen LogP contribution in [0.4, 0.5) is 0 Å². The van der Waals surface area contributed by atoms with Crippen LogP contribution in [0.5, 0.6) is 0 Å². The second kappa shape index (κ2) is 13.7. The van der Waals surface area contributed by atoms with E-state index >= 15 is 0 Å². The molecular weight excluding hydrogens is 361 g/mol. The highest BCUT2D eigenvalue weighted by molar-refractivity contribution is 7.53. The maximum absolute atomic E-state index is 11.7. The van der Waals surface area contributed by atoms with Crippen molar-refractivity contribution in [3.8, 4) is 0 Å². The summed E-state index contributed by atoms with van der Waals surface area (Å²) in [7, 11) is 0.952. The quantitative estimate of drug-likeness (QED) is 0.138. The number of unbranched alkanes of at least 4 members (excludes halogenated alkanes) is 9. The van der Waals surface area contributed by atoms with Crippen molar-refractivity contribution in [1.29, 1.82) is 0 Å². The molecule has 0 radical (unpaired) electrons. The molecule has 0 heterocycles. The van der Waals surface area contributed by atoms with Gasteiger partial charge in [0.15, 0.2) is 0 Å². The molecule has 5 nitrogen and oxygen atoms in total. The van der Waals surface area contributed by atoms with Gasteiger partial charge < -0.3 is 19.4 Å². The molecule has 0 aliphatic heterocycles. The molecule has 0 fully saturated rings. The summed E-state index contributed by atoms with van der Waals surface area (Å²) in [4.78, 5) is 19.1. The summed E-state index contributed by atoms with van der Waals surface area (Å²) in [6.07, 6.45) is 18.6. The number of rotatable bonds is 17. The van der Waals surface area contributed by atoms with E-state index < -0.39 is 12.9 Å². The van der Waals surface area contributed by atoms with Crippen LogP contribution in [0.1, 0.15) is 77.0 Å². The molecule has 0 saturated heterocycles. The van der Waals surface area contributed by atoms with E-state index in [1.165, 1.54) is 25.7 Å². The third-order valence-electron chi connectivity index (χ3n) is 4.67. The molecule has 27 heavy (non-hydrogen) atoms. The Labute approximate surface area is 166 Å². The standard InChI is InChI=1S/C21H42NO4P/c1-5-6-7-8-9-10-11-12-13-14-15-16-17-18-19-21(23,27(24,25)26)20-22(2,3)4/h5,8-9,23H,1,6-7,10-20H2,2-4H3,(H-,24,25,26)/p+1/b9-8-. The number of allylic oxidation sites excluding steroid dienone is 3. The fourth-order valence-corrected chi connectivity index (χ4v) is 4.32. The van der Waals surface area contributed by atoms with Crippen LogP contribution in [-0.2, 0) is 4.57 Å². The lowest BCUT2D eigenvalue weighted by atomic mass is 10.0. The Kier molecular flexibility index (Phi) is 13.5. The van der Waals surface area contributed by atoms with Crippen molar-refractivity contribution < 1.29 is 23.9 Å². The molecule has 0 amide bonds. The van der Waals surface area contributed by atoms with Crippen molar-refractivity contribution in [2.24, 2.45) is 0 Å². The zero-order valence-electron chi connectivity index (χ0n) is 17.8. The largest absolute Gasteiger partial charge is 0.373 e. The summed E-state index contributed by atoms with van der Waals surface area (Å²) < 4.78 is 12.0. The van der Waals surface area contributed by atoms with Crippen molar-refractivity contribution in [2.45, 2.75) is 82.4 Å². The first-order valence-corrected chi connectivity index (χ1v) is 12.0. The number of nitrogens with zero attached hydrogens (tertiary/aromatic N) is 1. The SMILES string of the molecule is C=CCC/C=C\CCCCCCCCCCC(O)(C[N+](C)(C)C)P(=O)(O)O. The van der Waals surface area contributed by atoms with Gasteiger partial charge in [-0.15, -0.1) is 6.58 Å². The minimum Gasteiger partial charge on any atom is -0.373 e. The summed E-state index contributed by atoms with van der Waals surface area (Å²) >= 11 is 0. The zero-order valence-corrected chi connectivity index (χ0v) is 18.7. The molecule has 1 atom stereocenters. The molecule has 3 N–H and O–H groups in total. The van der Waals surface area contributed by atoms with Gasteiger partial charge in [-0.1, -0.05) is 56.8 Å². The first-order chi connectivity index (χ1) is 12.5. The minimum atomic E-state index is -4.54. The number of hydrogen-bond acceptors (Lipinski definition) is 2. The highest BCUT2D eigenvalue weighted by Gasteiger charge is 2.48. The maximum Gasteiger partial charge on any atom is 0.362 e. The van der Waals surface area contributed by atoms with Gasteiger partial charge in [-0.05, 0) is 38.5 Å². The van der Waals surface area contributed by atoms with Gasteiger partial charge in [0.1, 0.15) is 6.54 Å². The van der Waals surface area contributed by atoms with Gasteiger partial charge in [0.05, 0.1) is 21.1 Å². The molecule has 0 aliphatic carbocycles. The van der Waals surface area contributed by atoms with Crippen LogP contribution in [0, 0.1) is 0 Å². The van der Waals surface area contributed by atoms with E-state index in [0.717, 1.165) is 38.5 Å². The Bertz CT molecular complexity index is 467. The summed E-state index contributed by atoms with van der Waals surface area (Å²) in [6, 6.07) is 0. The Morgan fingerprint density at radius 2 is 1.33 bits per heavy atom. The van der Waals surface area contributed by atoms with E-state index in [2.05, 4.69) is 18.7 Å². The Morgan fingerprint density at radius 3 is 1.81 bits per heavy atom. The molecule has 0 saturated carbocycles. The minimum absolute atomic E-state index is 0.0549. The molecule has 1 unspecified atom stereocenters. The molecule has 0 spiro atoms. The molecule has 0 bridgehead atoms. The van der Waals surface area contributed by atoms with Gasteiger partial charge in [-0.2, -0.15) is 0 Å². The van der Waals surface area contributed by atoms with Crippen molar-refractivity contribution in [2.75, 3.05) is 27.7 Å². The first kappa shape index (κ1) is 26.6. The third kappa shape index (κ3) is 14.2. The predicted molar refractivity (Wildman–Crippen MR) is 115 cm³/mol. The number of quaternary nitrogens is 1. The van der Waals surface area contributed by atoms with Crippen LogP contribution in [0.25, 0.3) is 0 Å². The Balaban J connectivity index is 3.79. The van der Waals surface area contributed by atoms with Crippen LogP contribution >= 0.6 is 7.60 Å². The topological polar surface area (TPSA) is 77.8 Å². The second-order valence-electron chi connectivity index (χ2n) is 8.68. The first-order valence-electron chi connectivity index (χ1n) is 10.4. The van der Waals surface area contributed by atoms with E-state index in [-0.39, 0.29) is 13.0 Å². The lowest BCUT2D eigenvalue weighted by Crippen LogP contribution is -2.49. The van der Waals surface area contributed by atoms with Crippen LogP contribution in [0.15, 0.2) is 24.8 Å². The fraction of sp³-hybridized carbons (Fsp3) is 0.810. The Hall–Kier alpha value is -0.450. The van der Waals surface area contributed by atoms with E-state index in [9.17, 15) is 19.5 Å². The molecule has 0 aliphatic rings. The van der Waals surface area contributed by atoms with E-state index in [1.807, 2.05) is 27.2 Å². The summed E-state index contributed by atoms with van der Waals surface area (Å²) in [5.41, 5.74) is 0. The fourth-order valence-electron chi connectivity index (χ4n) is 3.26. The van der Waals surface area contributed by atoms with Gasteiger partial charge in [0.2, 0.25) is 5.34 Å². The van der Waals surface area contributed by atoms with Crippen LogP contribution in [-0.4, -0.2) is 52.4 Å².